The van der Waals surface area contributed by atoms with Gasteiger partial charge in [-0.05, 0) is 43.9 Å². The van der Waals surface area contributed by atoms with Crippen molar-refractivity contribution in [3.63, 3.8) is 0 Å². The molecule has 0 radical (unpaired) electrons. The highest BCUT2D eigenvalue weighted by Gasteiger charge is 2.25. The van der Waals surface area contributed by atoms with Crippen LogP contribution < -0.4 is 10.9 Å². The van der Waals surface area contributed by atoms with Crippen molar-refractivity contribution < 1.29 is 13.2 Å². The minimum Gasteiger partial charge on any atom is -0.349 e. The molecule has 0 bridgehead atoms. The van der Waals surface area contributed by atoms with E-state index in [0.29, 0.717) is 24.0 Å². The van der Waals surface area contributed by atoms with Crippen LogP contribution in [-0.2, 0) is 10.0 Å². The Morgan fingerprint density at radius 2 is 1.72 bits per heavy atom. The molecule has 0 saturated heterocycles. The summed E-state index contributed by atoms with van der Waals surface area (Å²) in [6.45, 7) is 5.01. The largest absolute Gasteiger partial charge is 0.349 e. The summed E-state index contributed by atoms with van der Waals surface area (Å²) in [4.78, 5) is 28.1. The number of hydrogen-bond acceptors (Lipinski definition) is 4. The summed E-state index contributed by atoms with van der Waals surface area (Å²) in [5.41, 5.74) is 0.299. The number of aromatic nitrogens is 1. The number of hydrogen-bond donors (Lipinski definition) is 2. The Bertz CT molecular complexity index is 1080. The molecule has 176 valence electrons. The molecule has 2 aromatic rings. The lowest BCUT2D eigenvalue weighted by Crippen LogP contribution is -2.36. The molecule has 0 aliphatic heterocycles. The van der Waals surface area contributed by atoms with Crippen molar-refractivity contribution in [2.24, 2.45) is 0 Å². The molecular formula is C24H35N3O4S. The van der Waals surface area contributed by atoms with Crippen LogP contribution in [0.3, 0.4) is 0 Å². The zero-order valence-corrected chi connectivity index (χ0v) is 20.0. The SMILES string of the molecule is CCCCN(CCCC)S(=O)(=O)c1ccc2[nH]c(=O)cc(C(=O)NC3CCCCC3)c2c1. The lowest BCUT2D eigenvalue weighted by molar-refractivity contribution is 0.0929. The number of unbranched alkanes of at least 4 members (excludes halogenated alkanes) is 2. The average molecular weight is 462 g/mol. The molecule has 1 saturated carbocycles. The number of pyridine rings is 1. The van der Waals surface area contributed by atoms with E-state index >= 15 is 0 Å². The summed E-state index contributed by atoms with van der Waals surface area (Å²) < 4.78 is 28.3. The topological polar surface area (TPSA) is 99.3 Å². The first-order valence-corrected chi connectivity index (χ1v) is 13.3. The molecule has 1 amide bonds. The third-order valence-electron chi connectivity index (χ3n) is 6.16. The standard InChI is InChI=1S/C24H35N3O4S/c1-3-5-14-27(15-6-4-2)32(30,31)19-12-13-22-20(16-19)21(17-23(28)26-22)24(29)25-18-10-8-7-9-11-18/h12-13,16-18H,3-11,14-15H2,1-2H3,(H,25,29)(H,26,28). The van der Waals surface area contributed by atoms with E-state index in [0.717, 1.165) is 51.4 Å². The fourth-order valence-electron chi connectivity index (χ4n) is 4.26. The Kier molecular flexibility index (Phi) is 8.48. The summed E-state index contributed by atoms with van der Waals surface area (Å²) in [6.07, 6.45) is 8.58. The molecule has 3 rings (SSSR count). The van der Waals surface area contributed by atoms with Gasteiger partial charge in [-0.15, -0.1) is 0 Å². The van der Waals surface area contributed by atoms with E-state index < -0.39 is 10.0 Å². The smallest absolute Gasteiger partial charge is 0.252 e. The number of rotatable bonds is 10. The van der Waals surface area contributed by atoms with Crippen molar-refractivity contribution in [3.8, 4) is 0 Å². The number of H-pyrrole nitrogens is 1. The van der Waals surface area contributed by atoms with Crippen molar-refractivity contribution in [1.82, 2.24) is 14.6 Å². The molecule has 1 aromatic carbocycles. The van der Waals surface area contributed by atoms with Crippen LogP contribution in [0.4, 0.5) is 0 Å². The van der Waals surface area contributed by atoms with Gasteiger partial charge in [0.2, 0.25) is 15.6 Å². The number of benzene rings is 1. The Morgan fingerprint density at radius 1 is 1.06 bits per heavy atom. The number of sulfonamides is 1. The van der Waals surface area contributed by atoms with E-state index in [4.69, 9.17) is 0 Å². The van der Waals surface area contributed by atoms with Gasteiger partial charge < -0.3 is 10.3 Å². The first-order chi connectivity index (χ1) is 15.4. The van der Waals surface area contributed by atoms with E-state index in [1.54, 1.807) is 6.07 Å². The number of aromatic amines is 1. The molecule has 1 heterocycles. The van der Waals surface area contributed by atoms with Crippen molar-refractivity contribution in [3.05, 3.63) is 40.2 Å². The van der Waals surface area contributed by atoms with Gasteiger partial charge in [0.1, 0.15) is 0 Å². The number of fused-ring (bicyclic) bond motifs is 1. The van der Waals surface area contributed by atoms with Crippen LogP contribution in [0.25, 0.3) is 10.9 Å². The minimum atomic E-state index is -3.71. The zero-order valence-electron chi connectivity index (χ0n) is 19.2. The summed E-state index contributed by atoms with van der Waals surface area (Å²) in [5, 5.41) is 3.49. The third-order valence-corrected chi connectivity index (χ3v) is 8.05. The second-order valence-corrected chi connectivity index (χ2v) is 10.6. The molecule has 2 N–H and O–H groups in total. The maximum absolute atomic E-state index is 13.4. The summed E-state index contributed by atoms with van der Waals surface area (Å²) in [6, 6.07) is 5.99. The minimum absolute atomic E-state index is 0.0936. The normalized spacial score (nSPS) is 15.3. The van der Waals surface area contributed by atoms with Crippen LogP contribution in [0.5, 0.6) is 0 Å². The zero-order chi connectivity index (χ0) is 23.1. The average Bonchev–Trinajstić information content (AvgIpc) is 2.78. The molecule has 8 heteroatoms. The van der Waals surface area contributed by atoms with Crippen LogP contribution in [0, 0.1) is 0 Å². The van der Waals surface area contributed by atoms with Gasteiger partial charge in [-0.2, -0.15) is 4.31 Å². The highest BCUT2D eigenvalue weighted by molar-refractivity contribution is 7.89. The number of nitrogens with one attached hydrogen (secondary N) is 2. The van der Waals surface area contributed by atoms with Gasteiger partial charge in [0.25, 0.3) is 5.91 Å². The Hall–Kier alpha value is -2.19. The van der Waals surface area contributed by atoms with Gasteiger partial charge in [-0.1, -0.05) is 46.0 Å². The first-order valence-electron chi connectivity index (χ1n) is 11.8. The molecule has 1 fully saturated rings. The molecule has 0 atom stereocenters. The van der Waals surface area contributed by atoms with Gasteiger partial charge in [-0.3, -0.25) is 9.59 Å². The van der Waals surface area contributed by atoms with Gasteiger partial charge in [0.15, 0.2) is 0 Å². The lowest BCUT2D eigenvalue weighted by atomic mass is 9.95. The molecule has 1 aliphatic carbocycles. The number of amides is 1. The van der Waals surface area contributed by atoms with E-state index in [-0.39, 0.29) is 28.0 Å². The van der Waals surface area contributed by atoms with Crippen LogP contribution >= 0.6 is 0 Å². The predicted molar refractivity (Wildman–Crippen MR) is 127 cm³/mol. The van der Waals surface area contributed by atoms with E-state index in [1.165, 1.54) is 28.9 Å². The predicted octanol–water partition coefficient (Wildman–Crippen LogP) is 4.18. The number of carbonyl (C=O) groups excluding carboxylic acids is 1. The third kappa shape index (κ3) is 5.78. The van der Waals surface area contributed by atoms with Crippen LogP contribution in [0.2, 0.25) is 0 Å². The van der Waals surface area contributed by atoms with Gasteiger partial charge in [0, 0.05) is 36.1 Å². The second-order valence-electron chi connectivity index (χ2n) is 8.67. The summed E-state index contributed by atoms with van der Waals surface area (Å²) in [7, 11) is -3.71. The van der Waals surface area contributed by atoms with E-state index in [2.05, 4.69) is 10.3 Å². The summed E-state index contributed by atoms with van der Waals surface area (Å²) >= 11 is 0. The molecule has 0 unspecified atom stereocenters. The highest BCUT2D eigenvalue weighted by Crippen LogP contribution is 2.24. The number of carbonyl (C=O) groups is 1. The van der Waals surface area contributed by atoms with Gasteiger partial charge in [0.05, 0.1) is 10.5 Å². The molecular weight excluding hydrogens is 426 g/mol. The molecule has 32 heavy (non-hydrogen) atoms. The Balaban J connectivity index is 1.98. The van der Waals surface area contributed by atoms with E-state index in [9.17, 15) is 18.0 Å². The second kappa shape index (κ2) is 11.1. The molecule has 1 aliphatic rings. The Labute approximate surface area is 190 Å². The quantitative estimate of drug-likeness (QED) is 0.554. The molecule has 7 nitrogen and oxygen atoms in total. The van der Waals surface area contributed by atoms with Crippen LogP contribution in [-0.4, -0.2) is 42.7 Å². The highest BCUT2D eigenvalue weighted by atomic mass is 32.2. The van der Waals surface area contributed by atoms with Gasteiger partial charge in [-0.25, -0.2) is 8.42 Å². The molecule has 0 spiro atoms. The fraction of sp³-hybridized carbons (Fsp3) is 0.583. The maximum Gasteiger partial charge on any atom is 0.252 e. The maximum atomic E-state index is 13.4. The van der Waals surface area contributed by atoms with Gasteiger partial charge >= 0.3 is 0 Å². The first kappa shape index (κ1) is 24.5. The van der Waals surface area contributed by atoms with Crippen molar-refractivity contribution in [2.45, 2.75) is 82.6 Å². The lowest BCUT2D eigenvalue weighted by Gasteiger charge is -2.23. The van der Waals surface area contributed by atoms with Crippen LogP contribution in [0.1, 0.15) is 82.0 Å². The summed E-state index contributed by atoms with van der Waals surface area (Å²) in [5.74, 6) is -0.323. The van der Waals surface area contributed by atoms with E-state index in [1.807, 2.05) is 13.8 Å². The molecule has 1 aromatic heterocycles. The number of nitrogens with zero attached hydrogens (tertiary/aromatic N) is 1. The van der Waals surface area contributed by atoms with Crippen LogP contribution in [0.15, 0.2) is 34.0 Å². The van der Waals surface area contributed by atoms with Crippen molar-refractivity contribution in [1.29, 1.82) is 0 Å². The Morgan fingerprint density at radius 3 is 2.34 bits per heavy atom. The van der Waals surface area contributed by atoms with Crippen molar-refractivity contribution >= 4 is 26.8 Å². The fourth-order valence-corrected chi connectivity index (χ4v) is 5.81. The monoisotopic (exact) mass is 461 g/mol. The van der Waals surface area contributed by atoms with Crippen molar-refractivity contribution in [2.75, 3.05) is 13.1 Å².